The van der Waals surface area contributed by atoms with Gasteiger partial charge in [0, 0.05) is 16.5 Å². The third kappa shape index (κ3) is 5.87. The van der Waals surface area contributed by atoms with Crippen LogP contribution in [0.15, 0.2) is 65.3 Å². The average molecular weight is 593 g/mol. The molecule has 0 spiro atoms. The van der Waals surface area contributed by atoms with Crippen LogP contribution in [-0.2, 0) is 21.5 Å². The first-order chi connectivity index (χ1) is 20.1. The lowest BCUT2D eigenvalue weighted by atomic mass is 9.87. The van der Waals surface area contributed by atoms with Crippen LogP contribution in [0.1, 0.15) is 48.6 Å². The molecule has 1 N–H and O–H groups in total. The number of carbonyl (C=O) groups is 2. The number of fused-ring (bicyclic) bond motifs is 1. The van der Waals surface area contributed by atoms with E-state index in [2.05, 4.69) is 5.32 Å². The molecule has 9 nitrogen and oxygen atoms in total. The second-order valence-electron chi connectivity index (χ2n) is 10.9. The minimum absolute atomic E-state index is 0.0954. The zero-order valence-corrected chi connectivity index (χ0v) is 25.0. The van der Waals surface area contributed by atoms with Crippen molar-refractivity contribution in [1.29, 1.82) is 0 Å². The molecular weight excluding hydrogens is 559 g/mol. The SMILES string of the molecule is COc1ccc(OC)c([C@H]2SCC(=O)N(CC(=O)NCc3ccco3)c3c2c(C(C)(C)C)nn3-c2ccc(F)cc2)c1. The van der Waals surface area contributed by atoms with Crippen molar-refractivity contribution in [1.82, 2.24) is 15.1 Å². The van der Waals surface area contributed by atoms with E-state index in [1.165, 1.54) is 35.1 Å². The van der Waals surface area contributed by atoms with Crippen LogP contribution in [0.4, 0.5) is 10.2 Å². The van der Waals surface area contributed by atoms with Gasteiger partial charge in [-0.15, -0.1) is 11.8 Å². The van der Waals surface area contributed by atoms with Crippen molar-refractivity contribution in [3.63, 3.8) is 0 Å². The molecule has 0 fully saturated rings. The van der Waals surface area contributed by atoms with E-state index in [0.29, 0.717) is 28.8 Å². The van der Waals surface area contributed by atoms with Crippen LogP contribution in [0, 0.1) is 5.82 Å². The first-order valence-electron chi connectivity index (χ1n) is 13.4. The van der Waals surface area contributed by atoms with Crippen molar-refractivity contribution in [3.8, 4) is 17.2 Å². The molecule has 2 aromatic heterocycles. The number of nitrogens with zero attached hydrogens (tertiary/aromatic N) is 3. The minimum atomic E-state index is -0.457. The quantitative estimate of drug-likeness (QED) is 0.292. The van der Waals surface area contributed by atoms with Crippen molar-refractivity contribution in [3.05, 3.63) is 89.3 Å². The van der Waals surface area contributed by atoms with Crippen LogP contribution in [0.25, 0.3) is 5.69 Å². The van der Waals surface area contributed by atoms with Crippen LogP contribution in [0.2, 0.25) is 0 Å². The highest BCUT2D eigenvalue weighted by atomic mass is 32.2. The fourth-order valence-corrected chi connectivity index (χ4v) is 6.14. The van der Waals surface area contributed by atoms with Gasteiger partial charge in [-0.05, 0) is 54.6 Å². The molecule has 0 saturated carbocycles. The summed E-state index contributed by atoms with van der Waals surface area (Å²) in [5.74, 6) is 1.39. The van der Waals surface area contributed by atoms with E-state index in [1.807, 2.05) is 39.0 Å². The van der Waals surface area contributed by atoms with Crippen molar-refractivity contribution in [2.45, 2.75) is 38.0 Å². The molecular formula is C31H33FN4O5S. The van der Waals surface area contributed by atoms with Crippen molar-refractivity contribution in [2.75, 3.05) is 31.4 Å². The molecule has 0 saturated heterocycles. The number of halogens is 1. The standard InChI is InChI=1S/C31H33FN4O5S/c1-31(2,3)29-27-28(23-15-21(39-4)12-13-24(23)40-5)42-18-26(38)35(17-25(37)33-16-22-7-6-14-41-22)30(27)36(34-29)20-10-8-19(32)9-11-20/h6-15,28H,16-18H2,1-5H3,(H,33,37)/t28-/m1/s1. The van der Waals surface area contributed by atoms with Crippen LogP contribution in [-0.4, -0.2) is 48.1 Å². The van der Waals surface area contributed by atoms with Gasteiger partial charge in [0.1, 0.15) is 35.4 Å². The van der Waals surface area contributed by atoms with E-state index in [9.17, 15) is 14.0 Å². The normalized spacial score (nSPS) is 15.2. The molecule has 220 valence electrons. The molecule has 4 aromatic rings. The molecule has 2 aromatic carbocycles. The highest BCUT2D eigenvalue weighted by molar-refractivity contribution is 8.00. The van der Waals surface area contributed by atoms with E-state index in [0.717, 1.165) is 16.8 Å². The number of methoxy groups -OCH3 is 2. The van der Waals surface area contributed by atoms with Crippen LogP contribution in [0.3, 0.4) is 0 Å². The Morgan fingerprint density at radius 1 is 1.14 bits per heavy atom. The summed E-state index contributed by atoms with van der Waals surface area (Å²) in [7, 11) is 3.19. The number of furan rings is 1. The van der Waals surface area contributed by atoms with E-state index >= 15 is 0 Å². The summed E-state index contributed by atoms with van der Waals surface area (Å²) in [6.07, 6.45) is 1.53. The number of carbonyl (C=O) groups excluding carboxylic acids is 2. The molecule has 42 heavy (non-hydrogen) atoms. The maximum atomic E-state index is 14.0. The minimum Gasteiger partial charge on any atom is -0.497 e. The summed E-state index contributed by atoms with van der Waals surface area (Å²) in [6, 6.07) is 15.0. The number of ether oxygens (including phenoxy) is 2. The molecule has 2 amide bonds. The maximum Gasteiger partial charge on any atom is 0.240 e. The number of amides is 2. The summed E-state index contributed by atoms with van der Waals surface area (Å²) in [5.41, 5.74) is 2.42. The topological polar surface area (TPSA) is 98.8 Å². The molecule has 1 aliphatic heterocycles. The van der Waals surface area contributed by atoms with Gasteiger partial charge in [-0.2, -0.15) is 5.10 Å². The number of nitrogens with one attached hydrogen (secondary N) is 1. The van der Waals surface area contributed by atoms with Gasteiger partial charge in [-0.3, -0.25) is 14.5 Å². The second-order valence-corrected chi connectivity index (χ2v) is 12.0. The van der Waals surface area contributed by atoms with Gasteiger partial charge in [0.05, 0.1) is 49.4 Å². The third-order valence-electron chi connectivity index (χ3n) is 6.93. The lowest BCUT2D eigenvalue weighted by Gasteiger charge is -2.25. The number of hydrogen-bond donors (Lipinski definition) is 1. The first-order valence-corrected chi connectivity index (χ1v) is 14.5. The number of benzene rings is 2. The highest BCUT2D eigenvalue weighted by Crippen LogP contribution is 2.50. The molecule has 5 rings (SSSR count). The Morgan fingerprint density at radius 2 is 1.90 bits per heavy atom. The number of thioether (sulfide) groups is 1. The fraction of sp³-hybridized carbons (Fsp3) is 0.323. The largest absolute Gasteiger partial charge is 0.497 e. The summed E-state index contributed by atoms with van der Waals surface area (Å²) >= 11 is 1.43. The molecule has 1 aliphatic rings. The van der Waals surface area contributed by atoms with Crippen molar-refractivity contribution >= 4 is 29.4 Å². The molecule has 0 unspecified atom stereocenters. The summed E-state index contributed by atoms with van der Waals surface area (Å²) < 4.78 is 32.2. The Balaban J connectivity index is 1.71. The third-order valence-corrected chi connectivity index (χ3v) is 8.17. The molecule has 1 atom stereocenters. The second kappa shape index (κ2) is 11.9. The number of aromatic nitrogens is 2. The summed E-state index contributed by atoms with van der Waals surface area (Å²) in [4.78, 5) is 28.6. The number of anilines is 1. The predicted octanol–water partition coefficient (Wildman–Crippen LogP) is 5.40. The zero-order valence-electron chi connectivity index (χ0n) is 24.1. The monoisotopic (exact) mass is 592 g/mol. The van der Waals surface area contributed by atoms with Gasteiger partial charge in [0.15, 0.2) is 0 Å². The van der Waals surface area contributed by atoms with Gasteiger partial charge < -0.3 is 19.2 Å². The Kier molecular flexibility index (Phi) is 8.31. The van der Waals surface area contributed by atoms with E-state index in [-0.39, 0.29) is 30.7 Å². The molecule has 11 heteroatoms. The lowest BCUT2D eigenvalue weighted by Crippen LogP contribution is -2.42. The van der Waals surface area contributed by atoms with Gasteiger partial charge in [0.25, 0.3) is 0 Å². The lowest BCUT2D eigenvalue weighted by molar-refractivity contribution is -0.123. The predicted molar refractivity (Wildman–Crippen MR) is 159 cm³/mol. The Labute approximate surface area is 248 Å². The van der Waals surface area contributed by atoms with E-state index < -0.39 is 16.5 Å². The van der Waals surface area contributed by atoms with Gasteiger partial charge in [-0.1, -0.05) is 20.8 Å². The molecule has 0 bridgehead atoms. The highest BCUT2D eigenvalue weighted by Gasteiger charge is 2.41. The van der Waals surface area contributed by atoms with Crippen molar-refractivity contribution < 1.29 is 27.9 Å². The van der Waals surface area contributed by atoms with Crippen molar-refractivity contribution in [2.24, 2.45) is 0 Å². The maximum absolute atomic E-state index is 14.0. The fourth-order valence-electron chi connectivity index (χ4n) is 4.92. The van der Waals surface area contributed by atoms with Crippen LogP contribution >= 0.6 is 11.8 Å². The number of hydrogen-bond acceptors (Lipinski definition) is 7. The molecule has 0 aliphatic carbocycles. The molecule has 0 radical (unpaired) electrons. The first kappa shape index (κ1) is 29.2. The Bertz CT molecular complexity index is 1580. The summed E-state index contributed by atoms with van der Waals surface area (Å²) in [6.45, 7) is 6.07. The Hall–Kier alpha value is -4.25. The average Bonchev–Trinajstić information content (AvgIpc) is 3.61. The van der Waals surface area contributed by atoms with E-state index in [4.69, 9.17) is 19.0 Å². The Morgan fingerprint density at radius 3 is 2.55 bits per heavy atom. The van der Waals surface area contributed by atoms with Gasteiger partial charge in [-0.25, -0.2) is 9.07 Å². The number of rotatable bonds is 8. The van der Waals surface area contributed by atoms with Gasteiger partial charge in [0.2, 0.25) is 11.8 Å². The smallest absolute Gasteiger partial charge is 0.240 e. The zero-order chi connectivity index (χ0) is 30.0. The molecule has 3 heterocycles. The van der Waals surface area contributed by atoms with Crippen LogP contribution in [0.5, 0.6) is 11.5 Å². The summed E-state index contributed by atoms with van der Waals surface area (Å²) in [5, 5.41) is 7.47. The van der Waals surface area contributed by atoms with Crippen LogP contribution < -0.4 is 19.7 Å². The van der Waals surface area contributed by atoms with Gasteiger partial charge >= 0.3 is 0 Å². The van der Waals surface area contributed by atoms with E-state index in [1.54, 1.807) is 43.2 Å².